The summed E-state index contributed by atoms with van der Waals surface area (Å²) in [6, 6.07) is 0. The highest BCUT2D eigenvalue weighted by Crippen LogP contribution is 2.26. The van der Waals surface area contributed by atoms with Gasteiger partial charge in [0.05, 0.1) is 18.4 Å². The Hall–Kier alpha value is -1.11. The molecule has 0 spiro atoms. The van der Waals surface area contributed by atoms with Gasteiger partial charge in [0.2, 0.25) is 0 Å². The Kier molecular flexibility index (Phi) is 3.94. The summed E-state index contributed by atoms with van der Waals surface area (Å²) in [7, 11) is 0. The number of morpholine rings is 1. The van der Waals surface area contributed by atoms with Crippen molar-refractivity contribution in [2.75, 3.05) is 24.6 Å². The molecule has 1 fully saturated rings. The largest absolute Gasteiger partial charge is 0.375 e. The van der Waals surface area contributed by atoms with Crippen molar-refractivity contribution in [1.29, 1.82) is 0 Å². The van der Waals surface area contributed by atoms with E-state index in [-0.39, 0.29) is 11.6 Å². The van der Waals surface area contributed by atoms with Gasteiger partial charge in [-0.2, -0.15) is 0 Å². The van der Waals surface area contributed by atoms with Crippen molar-refractivity contribution in [3.05, 3.63) is 17.3 Å². The maximum Gasteiger partial charge on any atom is 0.195 e. The Bertz CT molecular complexity index is 613. The first kappa shape index (κ1) is 14.8. The van der Waals surface area contributed by atoms with Crippen molar-refractivity contribution in [2.45, 2.75) is 45.9 Å². The second kappa shape index (κ2) is 5.59. The van der Waals surface area contributed by atoms with Crippen LogP contribution in [0.25, 0.3) is 4.96 Å². The molecule has 0 amide bonds. The molecule has 0 aromatic carbocycles. The third-order valence-electron chi connectivity index (χ3n) is 3.67. The predicted octanol–water partition coefficient (Wildman–Crippen LogP) is 2.51. The number of imidazole rings is 1. The number of fused-ring (bicyclic) bond motifs is 1. The zero-order valence-corrected chi connectivity index (χ0v) is 14.0. The van der Waals surface area contributed by atoms with Crippen LogP contribution < -0.4 is 10.2 Å². The van der Waals surface area contributed by atoms with E-state index in [1.165, 1.54) is 5.69 Å². The lowest BCUT2D eigenvalue weighted by Gasteiger charge is -2.32. The van der Waals surface area contributed by atoms with Crippen LogP contribution in [0.4, 0.5) is 5.82 Å². The van der Waals surface area contributed by atoms with Crippen LogP contribution >= 0.6 is 11.3 Å². The van der Waals surface area contributed by atoms with Gasteiger partial charge >= 0.3 is 0 Å². The van der Waals surface area contributed by atoms with Crippen LogP contribution in [-0.2, 0) is 11.3 Å². The molecule has 1 atom stereocenters. The molecule has 5 nitrogen and oxygen atoms in total. The fraction of sp³-hybridized carbons (Fsp3) is 0.667. The fourth-order valence-electron chi connectivity index (χ4n) is 2.60. The number of anilines is 1. The summed E-state index contributed by atoms with van der Waals surface area (Å²) >= 11 is 1.69. The second-order valence-electron chi connectivity index (χ2n) is 6.67. The Morgan fingerprint density at radius 2 is 2.29 bits per heavy atom. The SMILES string of the molecule is CC1CN(c2nc3sccn3c2CNC(C)(C)C)CCO1. The van der Waals surface area contributed by atoms with Gasteiger partial charge < -0.3 is 15.0 Å². The lowest BCUT2D eigenvalue weighted by atomic mass is 10.1. The molecule has 6 heteroatoms. The minimum atomic E-state index is 0.0930. The lowest BCUT2D eigenvalue weighted by molar-refractivity contribution is 0.0529. The van der Waals surface area contributed by atoms with Crippen LogP contribution in [0, 0.1) is 0 Å². The van der Waals surface area contributed by atoms with Gasteiger partial charge in [-0.1, -0.05) is 0 Å². The first-order chi connectivity index (χ1) is 9.94. The molecule has 21 heavy (non-hydrogen) atoms. The maximum absolute atomic E-state index is 5.65. The van der Waals surface area contributed by atoms with Gasteiger partial charge in [-0.3, -0.25) is 4.40 Å². The third-order valence-corrected chi connectivity index (χ3v) is 4.42. The molecule has 1 aliphatic rings. The summed E-state index contributed by atoms with van der Waals surface area (Å²) in [5, 5.41) is 5.67. The number of hydrogen-bond donors (Lipinski definition) is 1. The van der Waals surface area contributed by atoms with E-state index in [1.54, 1.807) is 11.3 Å². The standard InChI is InChI=1S/C15H24N4OS/c1-11-10-18(5-7-20-11)13-12(9-16-15(2,3)4)19-6-8-21-14(19)17-13/h6,8,11,16H,5,7,9-10H2,1-4H3. The summed E-state index contributed by atoms with van der Waals surface area (Å²) in [4.78, 5) is 8.26. The van der Waals surface area contributed by atoms with Crippen LogP contribution in [0.3, 0.4) is 0 Å². The van der Waals surface area contributed by atoms with E-state index in [4.69, 9.17) is 9.72 Å². The smallest absolute Gasteiger partial charge is 0.195 e. The molecule has 0 radical (unpaired) electrons. The molecule has 2 aromatic rings. The quantitative estimate of drug-likeness (QED) is 0.946. The number of thiazole rings is 1. The monoisotopic (exact) mass is 308 g/mol. The Balaban J connectivity index is 1.91. The zero-order valence-electron chi connectivity index (χ0n) is 13.2. The molecule has 1 aliphatic heterocycles. The summed E-state index contributed by atoms with van der Waals surface area (Å²) in [5.41, 5.74) is 1.34. The van der Waals surface area contributed by atoms with Crippen LogP contribution in [-0.4, -0.2) is 40.7 Å². The van der Waals surface area contributed by atoms with Gasteiger partial charge in [-0.05, 0) is 27.7 Å². The number of aromatic nitrogens is 2. The van der Waals surface area contributed by atoms with Gasteiger partial charge in [0, 0.05) is 36.8 Å². The Morgan fingerprint density at radius 1 is 1.48 bits per heavy atom. The number of nitrogens with zero attached hydrogens (tertiary/aromatic N) is 3. The first-order valence-electron chi connectivity index (χ1n) is 7.50. The third kappa shape index (κ3) is 3.22. The van der Waals surface area contributed by atoms with Gasteiger partial charge in [0.15, 0.2) is 10.8 Å². The van der Waals surface area contributed by atoms with Crippen molar-refractivity contribution < 1.29 is 4.74 Å². The number of hydrogen-bond acceptors (Lipinski definition) is 5. The van der Waals surface area contributed by atoms with Gasteiger partial charge in [0.25, 0.3) is 0 Å². The fourth-order valence-corrected chi connectivity index (χ4v) is 3.33. The minimum absolute atomic E-state index is 0.0930. The lowest BCUT2D eigenvalue weighted by Crippen LogP contribution is -2.42. The number of ether oxygens (including phenoxy) is 1. The first-order valence-corrected chi connectivity index (χ1v) is 8.38. The molecule has 2 aromatic heterocycles. The second-order valence-corrected chi connectivity index (χ2v) is 7.54. The van der Waals surface area contributed by atoms with Crippen LogP contribution in [0.5, 0.6) is 0 Å². The average molecular weight is 308 g/mol. The molecular weight excluding hydrogens is 284 g/mol. The van der Waals surface area contributed by atoms with Crippen molar-refractivity contribution in [3.8, 4) is 0 Å². The van der Waals surface area contributed by atoms with E-state index < -0.39 is 0 Å². The van der Waals surface area contributed by atoms with Crippen molar-refractivity contribution in [1.82, 2.24) is 14.7 Å². The summed E-state index contributed by atoms with van der Waals surface area (Å²) in [6.07, 6.45) is 2.38. The van der Waals surface area contributed by atoms with Crippen LogP contribution in [0.1, 0.15) is 33.4 Å². The number of nitrogens with one attached hydrogen (secondary N) is 1. The highest BCUT2D eigenvalue weighted by Gasteiger charge is 2.24. The average Bonchev–Trinajstić information content (AvgIpc) is 2.95. The molecule has 1 unspecified atom stereocenters. The minimum Gasteiger partial charge on any atom is -0.375 e. The van der Waals surface area contributed by atoms with Crippen LogP contribution in [0.2, 0.25) is 0 Å². The summed E-state index contributed by atoms with van der Waals surface area (Å²) in [6.45, 7) is 12.1. The molecule has 0 aliphatic carbocycles. The molecule has 1 N–H and O–H groups in total. The van der Waals surface area contributed by atoms with E-state index in [2.05, 4.69) is 53.9 Å². The Labute approximate surface area is 129 Å². The predicted molar refractivity (Wildman–Crippen MR) is 87.3 cm³/mol. The van der Waals surface area contributed by atoms with Gasteiger partial charge in [-0.15, -0.1) is 11.3 Å². The highest BCUT2D eigenvalue weighted by atomic mass is 32.1. The van der Waals surface area contributed by atoms with Crippen molar-refractivity contribution >= 4 is 22.1 Å². The normalized spacial score (nSPS) is 20.4. The summed E-state index contributed by atoms with van der Waals surface area (Å²) in [5.74, 6) is 1.11. The van der Waals surface area contributed by atoms with Crippen LogP contribution in [0.15, 0.2) is 11.6 Å². The van der Waals surface area contributed by atoms with Crippen molar-refractivity contribution in [3.63, 3.8) is 0 Å². The van der Waals surface area contributed by atoms with Gasteiger partial charge in [-0.25, -0.2) is 4.98 Å². The molecular formula is C15H24N4OS. The maximum atomic E-state index is 5.65. The van der Waals surface area contributed by atoms with Gasteiger partial charge in [0.1, 0.15) is 0 Å². The Morgan fingerprint density at radius 3 is 3.00 bits per heavy atom. The summed E-state index contributed by atoms with van der Waals surface area (Å²) < 4.78 is 7.86. The molecule has 3 heterocycles. The topological polar surface area (TPSA) is 41.8 Å². The van der Waals surface area contributed by atoms with E-state index in [9.17, 15) is 0 Å². The van der Waals surface area contributed by atoms with E-state index >= 15 is 0 Å². The zero-order chi connectivity index (χ0) is 15.0. The molecule has 116 valence electrons. The van der Waals surface area contributed by atoms with Crippen molar-refractivity contribution in [2.24, 2.45) is 0 Å². The van der Waals surface area contributed by atoms with E-state index in [0.29, 0.717) is 0 Å². The van der Waals surface area contributed by atoms with E-state index in [0.717, 1.165) is 37.0 Å². The molecule has 1 saturated heterocycles. The van der Waals surface area contributed by atoms with E-state index in [1.807, 2.05) is 0 Å². The number of rotatable bonds is 3. The molecule has 0 saturated carbocycles. The molecule has 3 rings (SSSR count). The highest BCUT2D eigenvalue weighted by molar-refractivity contribution is 7.15. The molecule has 0 bridgehead atoms.